The summed E-state index contributed by atoms with van der Waals surface area (Å²) in [5.74, 6) is 0. The largest absolute Gasteiger partial charge is 0.392 e. The van der Waals surface area contributed by atoms with Gasteiger partial charge in [0.2, 0.25) is 0 Å². The summed E-state index contributed by atoms with van der Waals surface area (Å²) in [5, 5.41) is 13.3. The van der Waals surface area contributed by atoms with Crippen LogP contribution in [0.5, 0.6) is 0 Å². The fourth-order valence-corrected chi connectivity index (χ4v) is 1.97. The van der Waals surface area contributed by atoms with Crippen molar-refractivity contribution < 1.29 is 5.11 Å². The van der Waals surface area contributed by atoms with Gasteiger partial charge in [0.25, 0.3) is 0 Å². The van der Waals surface area contributed by atoms with Crippen LogP contribution in [0.1, 0.15) is 24.1 Å². The summed E-state index contributed by atoms with van der Waals surface area (Å²) in [7, 11) is 0. The molecule has 2 rings (SSSR count). The molecule has 0 amide bonds. The predicted molar refractivity (Wildman–Crippen MR) is 75.9 cm³/mol. The van der Waals surface area contributed by atoms with Gasteiger partial charge in [0.05, 0.1) is 6.61 Å². The summed E-state index contributed by atoms with van der Waals surface area (Å²) in [6.07, 6.45) is 0. The van der Waals surface area contributed by atoms with Crippen molar-refractivity contribution in [2.75, 3.05) is 5.32 Å². The number of aliphatic hydroxyl groups excluding tert-OH is 1. The molecule has 0 spiro atoms. The first kappa shape index (κ1) is 12.9. The number of anilines is 1. The van der Waals surface area contributed by atoms with Crippen LogP contribution in [0.2, 0.25) is 5.02 Å². The molecular formula is C15H16ClNO. The highest BCUT2D eigenvalue weighted by Gasteiger charge is 2.05. The molecule has 2 aromatic carbocycles. The van der Waals surface area contributed by atoms with E-state index >= 15 is 0 Å². The lowest BCUT2D eigenvalue weighted by molar-refractivity contribution is 0.281. The van der Waals surface area contributed by atoms with Crippen molar-refractivity contribution in [1.29, 1.82) is 0 Å². The van der Waals surface area contributed by atoms with Gasteiger partial charge in [-0.15, -0.1) is 0 Å². The first-order valence-electron chi connectivity index (χ1n) is 5.91. The Balaban J connectivity index is 2.11. The number of hydrogen-bond acceptors (Lipinski definition) is 2. The molecule has 18 heavy (non-hydrogen) atoms. The van der Waals surface area contributed by atoms with Crippen LogP contribution in [-0.2, 0) is 6.61 Å². The third-order valence-corrected chi connectivity index (χ3v) is 3.11. The second kappa shape index (κ2) is 5.89. The molecule has 94 valence electrons. The van der Waals surface area contributed by atoms with E-state index in [-0.39, 0.29) is 12.6 Å². The Labute approximate surface area is 112 Å². The van der Waals surface area contributed by atoms with E-state index in [0.29, 0.717) is 0 Å². The highest BCUT2D eigenvalue weighted by atomic mass is 35.5. The minimum atomic E-state index is 0.0709. The predicted octanol–water partition coefficient (Wildman–Crippen LogP) is 4.01. The lowest BCUT2D eigenvalue weighted by Crippen LogP contribution is -2.06. The quantitative estimate of drug-likeness (QED) is 0.872. The monoisotopic (exact) mass is 261 g/mol. The van der Waals surface area contributed by atoms with Crippen LogP contribution in [0.4, 0.5) is 5.69 Å². The van der Waals surface area contributed by atoms with Gasteiger partial charge in [0.1, 0.15) is 0 Å². The molecule has 1 atom stereocenters. The Kier molecular flexibility index (Phi) is 4.24. The Bertz CT molecular complexity index is 510. The lowest BCUT2D eigenvalue weighted by Gasteiger charge is -2.16. The van der Waals surface area contributed by atoms with E-state index in [1.807, 2.05) is 48.5 Å². The van der Waals surface area contributed by atoms with Crippen molar-refractivity contribution in [3.05, 3.63) is 64.7 Å². The third-order valence-electron chi connectivity index (χ3n) is 2.86. The topological polar surface area (TPSA) is 32.3 Å². The fraction of sp³-hybridized carbons (Fsp3) is 0.200. The highest BCUT2D eigenvalue weighted by molar-refractivity contribution is 6.30. The molecule has 2 nitrogen and oxygen atoms in total. The third kappa shape index (κ3) is 3.25. The van der Waals surface area contributed by atoms with E-state index in [0.717, 1.165) is 21.8 Å². The van der Waals surface area contributed by atoms with E-state index in [2.05, 4.69) is 12.2 Å². The molecule has 0 heterocycles. The van der Waals surface area contributed by atoms with E-state index in [1.54, 1.807) is 0 Å². The van der Waals surface area contributed by atoms with E-state index in [9.17, 15) is 0 Å². The van der Waals surface area contributed by atoms with E-state index in [1.165, 1.54) is 0 Å². The van der Waals surface area contributed by atoms with Gasteiger partial charge in [-0.05, 0) is 42.3 Å². The summed E-state index contributed by atoms with van der Waals surface area (Å²) in [6, 6.07) is 15.7. The van der Waals surface area contributed by atoms with E-state index < -0.39 is 0 Å². The minimum Gasteiger partial charge on any atom is -0.392 e. The van der Waals surface area contributed by atoms with Gasteiger partial charge in [0.15, 0.2) is 0 Å². The lowest BCUT2D eigenvalue weighted by atomic mass is 10.1. The molecule has 0 radical (unpaired) electrons. The zero-order valence-electron chi connectivity index (χ0n) is 10.2. The molecule has 0 aromatic heterocycles. The van der Waals surface area contributed by atoms with Gasteiger partial charge in [-0.3, -0.25) is 0 Å². The van der Waals surface area contributed by atoms with Gasteiger partial charge in [0, 0.05) is 16.8 Å². The van der Waals surface area contributed by atoms with Crippen LogP contribution in [0.15, 0.2) is 48.5 Å². The number of rotatable bonds is 4. The first-order chi connectivity index (χ1) is 8.69. The van der Waals surface area contributed by atoms with Crippen LogP contribution in [0.3, 0.4) is 0 Å². The highest BCUT2D eigenvalue weighted by Crippen LogP contribution is 2.21. The molecule has 3 heteroatoms. The number of aliphatic hydroxyl groups is 1. The second-order valence-corrected chi connectivity index (χ2v) is 4.71. The van der Waals surface area contributed by atoms with Gasteiger partial charge >= 0.3 is 0 Å². The van der Waals surface area contributed by atoms with E-state index in [4.69, 9.17) is 16.7 Å². The van der Waals surface area contributed by atoms with Crippen molar-refractivity contribution in [1.82, 2.24) is 0 Å². The van der Waals surface area contributed by atoms with Gasteiger partial charge in [-0.25, -0.2) is 0 Å². The molecule has 0 aliphatic rings. The molecular weight excluding hydrogens is 246 g/mol. The molecule has 0 aliphatic carbocycles. The van der Waals surface area contributed by atoms with Crippen molar-refractivity contribution in [2.45, 2.75) is 19.6 Å². The smallest absolute Gasteiger partial charge is 0.0681 e. The fourth-order valence-electron chi connectivity index (χ4n) is 1.84. The number of nitrogens with one attached hydrogen (secondary N) is 1. The molecule has 2 N–H and O–H groups in total. The van der Waals surface area contributed by atoms with Crippen molar-refractivity contribution in [2.24, 2.45) is 0 Å². The maximum absolute atomic E-state index is 9.13. The van der Waals surface area contributed by atoms with Crippen LogP contribution in [0, 0.1) is 0 Å². The molecule has 1 unspecified atom stereocenters. The first-order valence-corrected chi connectivity index (χ1v) is 6.28. The SMILES string of the molecule is CC(Nc1ccc(Cl)cc1)c1cccc(CO)c1. The van der Waals surface area contributed by atoms with Gasteiger partial charge in [-0.1, -0.05) is 35.9 Å². The van der Waals surface area contributed by atoms with Crippen LogP contribution < -0.4 is 5.32 Å². The van der Waals surface area contributed by atoms with Crippen LogP contribution in [-0.4, -0.2) is 5.11 Å². The van der Waals surface area contributed by atoms with Crippen molar-refractivity contribution in [3.8, 4) is 0 Å². The molecule has 2 aromatic rings. The maximum Gasteiger partial charge on any atom is 0.0681 e. The Hall–Kier alpha value is -1.51. The summed E-state index contributed by atoms with van der Waals surface area (Å²) in [5.41, 5.74) is 3.11. The second-order valence-electron chi connectivity index (χ2n) is 4.28. The number of benzene rings is 2. The average molecular weight is 262 g/mol. The maximum atomic E-state index is 9.13. The summed E-state index contributed by atoms with van der Waals surface area (Å²) in [4.78, 5) is 0. The van der Waals surface area contributed by atoms with Crippen LogP contribution >= 0.6 is 11.6 Å². The van der Waals surface area contributed by atoms with Gasteiger partial charge in [-0.2, -0.15) is 0 Å². The minimum absolute atomic E-state index is 0.0709. The Morgan fingerprint density at radius 2 is 1.89 bits per heavy atom. The molecule has 0 saturated carbocycles. The summed E-state index contributed by atoms with van der Waals surface area (Å²) in [6.45, 7) is 2.16. The Morgan fingerprint density at radius 1 is 1.17 bits per heavy atom. The summed E-state index contributed by atoms with van der Waals surface area (Å²) < 4.78 is 0. The average Bonchev–Trinajstić information content (AvgIpc) is 2.41. The van der Waals surface area contributed by atoms with Gasteiger partial charge < -0.3 is 10.4 Å². The Morgan fingerprint density at radius 3 is 2.56 bits per heavy atom. The molecule has 0 fully saturated rings. The van der Waals surface area contributed by atoms with Crippen LogP contribution in [0.25, 0.3) is 0 Å². The number of hydrogen-bond donors (Lipinski definition) is 2. The van der Waals surface area contributed by atoms with Crippen molar-refractivity contribution >= 4 is 17.3 Å². The molecule has 0 aliphatic heterocycles. The standard InChI is InChI=1S/C15H16ClNO/c1-11(13-4-2-3-12(9-13)10-18)17-15-7-5-14(16)6-8-15/h2-9,11,17-18H,10H2,1H3. The van der Waals surface area contributed by atoms with Crippen molar-refractivity contribution in [3.63, 3.8) is 0 Å². The number of halogens is 1. The zero-order valence-corrected chi connectivity index (χ0v) is 11.0. The normalized spacial score (nSPS) is 12.2. The molecule has 0 saturated heterocycles. The zero-order chi connectivity index (χ0) is 13.0. The summed E-state index contributed by atoms with van der Waals surface area (Å²) >= 11 is 5.85. The molecule has 0 bridgehead atoms.